The lowest BCUT2D eigenvalue weighted by atomic mass is 10.1. The summed E-state index contributed by atoms with van der Waals surface area (Å²) in [6, 6.07) is 5.60. The molecule has 0 atom stereocenters. The quantitative estimate of drug-likeness (QED) is 0.812. The van der Waals surface area contributed by atoms with E-state index in [-0.39, 0.29) is 17.2 Å². The molecule has 1 heterocycles. The van der Waals surface area contributed by atoms with Gasteiger partial charge in [0.2, 0.25) is 9.05 Å². The van der Waals surface area contributed by atoms with E-state index >= 15 is 0 Å². The molecule has 0 aliphatic rings. The van der Waals surface area contributed by atoms with E-state index in [1.165, 1.54) is 25.3 Å². The lowest BCUT2D eigenvalue weighted by Gasteiger charge is -2.02. The first kappa shape index (κ1) is 13.8. The highest BCUT2D eigenvalue weighted by Crippen LogP contribution is 2.26. The summed E-state index contributed by atoms with van der Waals surface area (Å²) >= 11 is 0. The van der Waals surface area contributed by atoms with Crippen molar-refractivity contribution < 1.29 is 22.1 Å². The highest BCUT2D eigenvalue weighted by atomic mass is 35.7. The first-order valence-electron chi connectivity index (χ1n) is 5.11. The second kappa shape index (κ2) is 5.18. The van der Waals surface area contributed by atoms with Gasteiger partial charge in [-0.05, 0) is 18.2 Å². The van der Waals surface area contributed by atoms with E-state index in [1.54, 1.807) is 6.07 Å². The van der Waals surface area contributed by atoms with Crippen LogP contribution in [0, 0.1) is 5.82 Å². The number of aromatic nitrogens is 1. The van der Waals surface area contributed by atoms with Crippen LogP contribution in [-0.2, 0) is 14.8 Å². The number of hydrogen-bond acceptors (Lipinski definition) is 5. The number of hydrogen-bond donors (Lipinski definition) is 0. The van der Waals surface area contributed by atoms with Crippen LogP contribution in [0.2, 0.25) is 0 Å². The molecular weight excluding hydrogens is 297 g/mol. The molecule has 0 aliphatic heterocycles. The first-order chi connectivity index (χ1) is 8.89. The summed E-state index contributed by atoms with van der Waals surface area (Å²) in [6.45, 7) is 0. The fraction of sp³-hybridized carbons (Fsp3) is 0.182. The van der Waals surface area contributed by atoms with Gasteiger partial charge >= 0.3 is 0 Å². The third kappa shape index (κ3) is 3.45. The van der Waals surface area contributed by atoms with Gasteiger partial charge in [-0.15, -0.1) is 0 Å². The van der Waals surface area contributed by atoms with E-state index in [0.717, 1.165) is 0 Å². The van der Waals surface area contributed by atoms with E-state index in [4.69, 9.17) is 19.9 Å². The van der Waals surface area contributed by atoms with Crippen LogP contribution in [0.25, 0.3) is 11.3 Å². The Kier molecular flexibility index (Phi) is 3.77. The molecule has 0 saturated heterocycles. The highest BCUT2D eigenvalue weighted by molar-refractivity contribution is 8.13. The van der Waals surface area contributed by atoms with E-state index in [0.29, 0.717) is 5.56 Å². The minimum absolute atomic E-state index is 0.104. The molecule has 5 nitrogen and oxygen atoms in total. The van der Waals surface area contributed by atoms with Crippen molar-refractivity contribution in [2.45, 2.75) is 5.75 Å². The van der Waals surface area contributed by atoms with Gasteiger partial charge in [-0.25, -0.2) is 12.8 Å². The number of benzene rings is 1. The first-order valence-corrected chi connectivity index (χ1v) is 7.59. The van der Waals surface area contributed by atoms with Gasteiger partial charge in [0, 0.05) is 22.3 Å². The van der Waals surface area contributed by atoms with E-state index in [2.05, 4.69) is 5.16 Å². The smallest absolute Gasteiger partial charge is 0.238 e. The van der Waals surface area contributed by atoms with Crippen LogP contribution in [0.3, 0.4) is 0 Å². The van der Waals surface area contributed by atoms with Crippen molar-refractivity contribution in [3.63, 3.8) is 0 Å². The van der Waals surface area contributed by atoms with Crippen LogP contribution >= 0.6 is 10.7 Å². The summed E-state index contributed by atoms with van der Waals surface area (Å²) in [6.07, 6.45) is 0. The van der Waals surface area contributed by atoms with Gasteiger partial charge in [0.25, 0.3) is 0 Å². The molecule has 0 saturated carbocycles. The molecule has 0 bridgehead atoms. The van der Waals surface area contributed by atoms with Gasteiger partial charge in [0.15, 0.2) is 17.3 Å². The number of nitrogens with zero attached hydrogens (tertiary/aromatic N) is 1. The Bertz CT molecular complexity index is 698. The molecule has 1 aromatic heterocycles. The lowest BCUT2D eigenvalue weighted by molar-refractivity contribution is 0.386. The molecule has 0 N–H and O–H groups in total. The average Bonchev–Trinajstić information content (AvgIpc) is 2.75. The van der Waals surface area contributed by atoms with Crippen LogP contribution < -0.4 is 4.74 Å². The summed E-state index contributed by atoms with van der Waals surface area (Å²) in [4.78, 5) is 0. The van der Waals surface area contributed by atoms with Crippen molar-refractivity contribution >= 4 is 19.7 Å². The second-order valence-corrected chi connectivity index (χ2v) is 6.49. The maximum Gasteiger partial charge on any atom is 0.238 e. The zero-order valence-electron chi connectivity index (χ0n) is 9.76. The van der Waals surface area contributed by atoms with Crippen LogP contribution in [0.1, 0.15) is 5.69 Å². The van der Waals surface area contributed by atoms with Gasteiger partial charge in [-0.2, -0.15) is 0 Å². The second-order valence-electron chi connectivity index (χ2n) is 3.72. The molecule has 2 rings (SSSR count). The normalized spacial score (nSPS) is 11.5. The third-order valence-corrected chi connectivity index (χ3v) is 3.28. The Morgan fingerprint density at radius 3 is 2.74 bits per heavy atom. The van der Waals surface area contributed by atoms with Crippen molar-refractivity contribution in [2.75, 3.05) is 7.11 Å². The largest absolute Gasteiger partial charge is 0.494 e. The number of rotatable bonds is 4. The van der Waals surface area contributed by atoms with Crippen LogP contribution in [0.5, 0.6) is 5.75 Å². The van der Waals surface area contributed by atoms with Crippen molar-refractivity contribution in [3.8, 4) is 17.1 Å². The zero-order chi connectivity index (χ0) is 14.0. The Hall–Kier alpha value is -1.60. The van der Waals surface area contributed by atoms with E-state index in [1.807, 2.05) is 0 Å². The molecule has 19 heavy (non-hydrogen) atoms. The molecule has 0 spiro atoms. The fourth-order valence-corrected chi connectivity index (χ4v) is 2.34. The minimum Gasteiger partial charge on any atom is -0.494 e. The highest BCUT2D eigenvalue weighted by Gasteiger charge is 2.14. The summed E-state index contributed by atoms with van der Waals surface area (Å²) in [5.41, 5.74) is 0.574. The van der Waals surface area contributed by atoms with Gasteiger partial charge in [0.1, 0.15) is 11.4 Å². The molecule has 0 amide bonds. The van der Waals surface area contributed by atoms with Gasteiger partial charge in [-0.3, -0.25) is 0 Å². The fourth-order valence-electron chi connectivity index (χ4n) is 1.51. The lowest BCUT2D eigenvalue weighted by Crippen LogP contribution is -1.94. The van der Waals surface area contributed by atoms with Gasteiger partial charge in [0.05, 0.1) is 7.11 Å². The Morgan fingerprint density at radius 2 is 2.16 bits per heavy atom. The van der Waals surface area contributed by atoms with E-state index < -0.39 is 20.6 Å². The molecule has 8 heteroatoms. The molecular formula is C11H9ClFNO4S. The van der Waals surface area contributed by atoms with Crippen molar-refractivity contribution in [1.82, 2.24) is 5.16 Å². The average molecular weight is 306 g/mol. The van der Waals surface area contributed by atoms with E-state index in [9.17, 15) is 12.8 Å². The summed E-state index contributed by atoms with van der Waals surface area (Å²) in [5, 5.41) is 3.56. The molecule has 0 fully saturated rings. The topological polar surface area (TPSA) is 69.4 Å². The standard InChI is InChI=1S/C11H9ClFNO4S/c1-17-10-3-2-7(4-9(10)13)11-5-8(14-18-11)6-19(12,15)16/h2-5H,6H2,1H3. The summed E-state index contributed by atoms with van der Waals surface area (Å²) in [7, 11) is 2.75. The van der Waals surface area contributed by atoms with Crippen molar-refractivity contribution in [3.05, 3.63) is 35.8 Å². The number of ether oxygens (including phenoxy) is 1. The SMILES string of the molecule is COc1ccc(-c2cc(CS(=O)(=O)Cl)no2)cc1F. The monoisotopic (exact) mass is 305 g/mol. The minimum atomic E-state index is -3.71. The molecule has 1 aromatic carbocycles. The molecule has 0 radical (unpaired) electrons. The molecule has 2 aromatic rings. The predicted molar refractivity (Wildman–Crippen MR) is 66.9 cm³/mol. The Labute approximate surface area is 113 Å². The molecule has 102 valence electrons. The van der Waals surface area contributed by atoms with Crippen molar-refractivity contribution in [1.29, 1.82) is 0 Å². The third-order valence-electron chi connectivity index (χ3n) is 2.32. The molecule has 0 aliphatic carbocycles. The van der Waals surface area contributed by atoms with Crippen molar-refractivity contribution in [2.24, 2.45) is 0 Å². The Balaban J connectivity index is 2.30. The van der Waals surface area contributed by atoms with Crippen LogP contribution in [0.4, 0.5) is 4.39 Å². The number of methoxy groups -OCH3 is 1. The maximum atomic E-state index is 13.5. The van der Waals surface area contributed by atoms with Gasteiger partial charge < -0.3 is 9.26 Å². The maximum absolute atomic E-state index is 13.5. The zero-order valence-corrected chi connectivity index (χ0v) is 11.3. The summed E-state index contributed by atoms with van der Waals surface area (Å²) in [5.74, 6) is -0.650. The summed E-state index contributed by atoms with van der Waals surface area (Å²) < 4.78 is 45.0. The Morgan fingerprint density at radius 1 is 1.42 bits per heavy atom. The van der Waals surface area contributed by atoms with Crippen LogP contribution in [-0.4, -0.2) is 20.7 Å². The van der Waals surface area contributed by atoms with Gasteiger partial charge in [-0.1, -0.05) is 5.16 Å². The molecule has 0 unspecified atom stereocenters. The number of halogens is 2. The van der Waals surface area contributed by atoms with Crippen LogP contribution in [0.15, 0.2) is 28.8 Å². The predicted octanol–water partition coefficient (Wildman–Crippen LogP) is 2.56.